The number of rotatable bonds is 3. The minimum Gasteiger partial charge on any atom is -0.453 e. The summed E-state index contributed by atoms with van der Waals surface area (Å²) in [6, 6.07) is 4.91. The average Bonchev–Trinajstić information content (AvgIpc) is 2.92. The zero-order valence-corrected chi connectivity index (χ0v) is 11.7. The smallest absolute Gasteiger partial charge is 0.409 e. The molecule has 0 spiro atoms. The normalized spacial score (nSPS) is 21.7. The van der Waals surface area contributed by atoms with Crippen molar-refractivity contribution in [2.75, 3.05) is 20.2 Å². The van der Waals surface area contributed by atoms with Gasteiger partial charge in [-0.1, -0.05) is 6.07 Å². The van der Waals surface area contributed by atoms with Crippen molar-refractivity contribution >= 4 is 17.4 Å². The molecule has 5 heteroatoms. The van der Waals surface area contributed by atoms with Crippen molar-refractivity contribution in [3.05, 3.63) is 22.4 Å². The number of hydrogen-bond acceptors (Lipinski definition) is 4. The third kappa shape index (κ3) is 3.23. The van der Waals surface area contributed by atoms with E-state index in [-0.39, 0.29) is 6.09 Å². The largest absolute Gasteiger partial charge is 0.453 e. The topological polar surface area (TPSA) is 41.6 Å². The van der Waals surface area contributed by atoms with Gasteiger partial charge in [-0.3, -0.25) is 0 Å². The van der Waals surface area contributed by atoms with E-state index in [1.54, 1.807) is 16.2 Å². The molecule has 100 valence electrons. The summed E-state index contributed by atoms with van der Waals surface area (Å²) in [6.45, 7) is 3.71. The fourth-order valence-corrected chi connectivity index (χ4v) is 3.13. The number of nitrogens with zero attached hydrogens (tertiary/aromatic N) is 1. The maximum absolute atomic E-state index is 11.5. The number of nitrogens with one attached hydrogen (secondary N) is 1. The molecular weight excluding hydrogens is 248 g/mol. The van der Waals surface area contributed by atoms with Crippen LogP contribution in [0.15, 0.2) is 17.5 Å². The highest BCUT2D eigenvalue weighted by molar-refractivity contribution is 7.10. The molecule has 0 aromatic carbocycles. The lowest BCUT2D eigenvalue weighted by Gasteiger charge is -2.33. The molecule has 18 heavy (non-hydrogen) atoms. The predicted octanol–water partition coefficient (Wildman–Crippen LogP) is 2.63. The molecule has 2 heterocycles. The standard InChI is InChI=1S/C13H20N2O2S/c1-10(12-6-4-8-18-12)14-11-5-3-7-15(9-11)13(16)17-2/h4,6,8,10-11,14H,3,5,7,9H2,1-2H3. The third-order valence-corrected chi connectivity index (χ3v) is 4.36. The summed E-state index contributed by atoms with van der Waals surface area (Å²) in [5, 5.41) is 5.68. The van der Waals surface area contributed by atoms with E-state index in [0.29, 0.717) is 12.1 Å². The first kappa shape index (κ1) is 13.4. The molecule has 0 bridgehead atoms. The molecule has 1 aliphatic rings. The third-order valence-electron chi connectivity index (χ3n) is 3.31. The molecular formula is C13H20N2O2S. The van der Waals surface area contributed by atoms with Gasteiger partial charge in [-0.25, -0.2) is 4.79 Å². The van der Waals surface area contributed by atoms with Crippen molar-refractivity contribution in [2.24, 2.45) is 0 Å². The fourth-order valence-electron chi connectivity index (χ4n) is 2.38. The molecule has 1 aromatic rings. The predicted molar refractivity (Wildman–Crippen MR) is 72.9 cm³/mol. The number of carbonyl (C=O) groups is 1. The average molecular weight is 268 g/mol. The molecule has 1 amide bonds. The van der Waals surface area contributed by atoms with Gasteiger partial charge in [0.05, 0.1) is 7.11 Å². The summed E-state index contributed by atoms with van der Waals surface area (Å²) in [5.41, 5.74) is 0. The van der Waals surface area contributed by atoms with Crippen LogP contribution < -0.4 is 5.32 Å². The number of carbonyl (C=O) groups excluding carboxylic acids is 1. The molecule has 0 saturated carbocycles. The lowest BCUT2D eigenvalue weighted by atomic mass is 10.0. The van der Waals surface area contributed by atoms with Crippen molar-refractivity contribution in [1.82, 2.24) is 10.2 Å². The first-order chi connectivity index (χ1) is 8.70. The van der Waals surface area contributed by atoms with Crippen molar-refractivity contribution in [1.29, 1.82) is 0 Å². The Balaban J connectivity index is 1.88. The Kier molecular flexibility index (Phi) is 4.60. The van der Waals surface area contributed by atoms with Crippen LogP contribution in [0.3, 0.4) is 0 Å². The van der Waals surface area contributed by atoms with Crippen LogP contribution in [0, 0.1) is 0 Å². The Morgan fingerprint density at radius 1 is 1.67 bits per heavy atom. The second-order valence-corrected chi connectivity index (χ2v) is 5.64. The van der Waals surface area contributed by atoms with E-state index >= 15 is 0 Å². The van der Waals surface area contributed by atoms with E-state index in [1.165, 1.54) is 12.0 Å². The molecule has 2 atom stereocenters. The Morgan fingerprint density at radius 2 is 2.50 bits per heavy atom. The van der Waals surface area contributed by atoms with Crippen molar-refractivity contribution in [2.45, 2.75) is 31.8 Å². The molecule has 0 aliphatic carbocycles. The molecule has 2 unspecified atom stereocenters. The summed E-state index contributed by atoms with van der Waals surface area (Å²) in [6.07, 6.45) is 1.93. The number of hydrogen-bond donors (Lipinski definition) is 1. The molecule has 1 saturated heterocycles. The van der Waals surface area contributed by atoms with E-state index in [0.717, 1.165) is 25.9 Å². The van der Waals surface area contributed by atoms with E-state index in [4.69, 9.17) is 4.74 Å². The van der Waals surface area contributed by atoms with Gasteiger partial charge in [0, 0.05) is 30.1 Å². The van der Waals surface area contributed by atoms with Gasteiger partial charge < -0.3 is 15.0 Å². The Labute approximate surface area is 112 Å². The fraction of sp³-hybridized carbons (Fsp3) is 0.615. The van der Waals surface area contributed by atoms with E-state index in [2.05, 4.69) is 29.8 Å². The maximum Gasteiger partial charge on any atom is 0.409 e. The van der Waals surface area contributed by atoms with Crippen molar-refractivity contribution in [3.8, 4) is 0 Å². The van der Waals surface area contributed by atoms with Crippen molar-refractivity contribution < 1.29 is 9.53 Å². The van der Waals surface area contributed by atoms with Gasteiger partial charge in [-0.05, 0) is 31.2 Å². The molecule has 1 fully saturated rings. The minimum absolute atomic E-state index is 0.217. The molecule has 2 rings (SSSR count). The lowest BCUT2D eigenvalue weighted by Crippen LogP contribution is -2.48. The Hall–Kier alpha value is -1.07. The second-order valence-electron chi connectivity index (χ2n) is 4.66. The highest BCUT2D eigenvalue weighted by Crippen LogP contribution is 2.21. The molecule has 4 nitrogen and oxygen atoms in total. The van der Waals surface area contributed by atoms with Gasteiger partial charge in [0.1, 0.15) is 0 Å². The van der Waals surface area contributed by atoms with Gasteiger partial charge in [0.15, 0.2) is 0 Å². The minimum atomic E-state index is -0.217. The van der Waals surface area contributed by atoms with Gasteiger partial charge in [-0.15, -0.1) is 11.3 Å². The summed E-state index contributed by atoms with van der Waals surface area (Å²) in [4.78, 5) is 14.6. The van der Waals surface area contributed by atoms with Gasteiger partial charge in [0.25, 0.3) is 0 Å². The maximum atomic E-state index is 11.5. The van der Waals surface area contributed by atoms with E-state index < -0.39 is 0 Å². The van der Waals surface area contributed by atoms with E-state index in [9.17, 15) is 4.79 Å². The Morgan fingerprint density at radius 3 is 3.17 bits per heavy atom. The first-order valence-corrected chi connectivity index (χ1v) is 7.21. The molecule has 1 N–H and O–H groups in total. The second kappa shape index (κ2) is 6.20. The highest BCUT2D eigenvalue weighted by Gasteiger charge is 2.25. The van der Waals surface area contributed by atoms with Crippen molar-refractivity contribution in [3.63, 3.8) is 0 Å². The van der Waals surface area contributed by atoms with Crippen LogP contribution in [0.5, 0.6) is 0 Å². The summed E-state index contributed by atoms with van der Waals surface area (Å²) >= 11 is 1.76. The van der Waals surface area contributed by atoms with Gasteiger partial charge >= 0.3 is 6.09 Å². The van der Waals surface area contributed by atoms with Gasteiger partial charge in [-0.2, -0.15) is 0 Å². The van der Waals surface area contributed by atoms with E-state index in [1.807, 2.05) is 0 Å². The molecule has 0 radical (unpaired) electrons. The number of likely N-dealkylation sites (tertiary alicyclic amines) is 1. The van der Waals surface area contributed by atoms with Gasteiger partial charge in [0.2, 0.25) is 0 Å². The summed E-state index contributed by atoms with van der Waals surface area (Å²) in [5.74, 6) is 0. The number of piperidine rings is 1. The molecule has 1 aliphatic heterocycles. The lowest BCUT2D eigenvalue weighted by molar-refractivity contribution is 0.106. The number of methoxy groups -OCH3 is 1. The molecule has 1 aromatic heterocycles. The number of ether oxygens (including phenoxy) is 1. The SMILES string of the molecule is COC(=O)N1CCCC(NC(C)c2cccs2)C1. The van der Waals surface area contributed by atoms with Crippen LogP contribution in [-0.4, -0.2) is 37.2 Å². The van der Waals surface area contributed by atoms with Crippen LogP contribution in [0.4, 0.5) is 4.79 Å². The number of amides is 1. The zero-order valence-electron chi connectivity index (χ0n) is 10.9. The first-order valence-electron chi connectivity index (χ1n) is 6.33. The zero-order chi connectivity index (χ0) is 13.0. The summed E-state index contributed by atoms with van der Waals surface area (Å²) < 4.78 is 4.78. The van der Waals surface area contributed by atoms with Crippen LogP contribution in [0.2, 0.25) is 0 Å². The van der Waals surface area contributed by atoms with Crippen LogP contribution >= 0.6 is 11.3 Å². The Bertz CT molecular complexity index is 380. The van der Waals surface area contributed by atoms with Crippen LogP contribution in [0.25, 0.3) is 0 Å². The van der Waals surface area contributed by atoms with Crippen LogP contribution in [-0.2, 0) is 4.74 Å². The monoisotopic (exact) mass is 268 g/mol. The van der Waals surface area contributed by atoms with Crippen LogP contribution in [0.1, 0.15) is 30.7 Å². The summed E-state index contributed by atoms with van der Waals surface area (Å²) in [7, 11) is 1.44. The quantitative estimate of drug-likeness (QED) is 0.916. The highest BCUT2D eigenvalue weighted by atomic mass is 32.1. The number of thiophene rings is 1.